The topological polar surface area (TPSA) is 63.7 Å². The van der Waals surface area contributed by atoms with Gasteiger partial charge in [0, 0.05) is 13.1 Å². The number of aryl methyl sites for hydroxylation is 2. The van der Waals surface area contributed by atoms with E-state index in [4.69, 9.17) is 4.74 Å². The van der Waals surface area contributed by atoms with Crippen LogP contribution in [0.1, 0.15) is 24.0 Å². The monoisotopic (exact) mass is 373 g/mol. The zero-order valence-electron chi connectivity index (χ0n) is 15.0. The molecule has 0 radical (unpaired) electrons. The van der Waals surface area contributed by atoms with Gasteiger partial charge in [0.05, 0.1) is 10.8 Å². The first-order valence-electron chi connectivity index (χ1n) is 8.72. The van der Waals surface area contributed by atoms with Crippen molar-refractivity contribution in [3.8, 4) is 5.75 Å². The van der Waals surface area contributed by atoms with Crippen molar-refractivity contribution in [2.75, 3.05) is 13.1 Å². The molecule has 0 N–H and O–H groups in total. The number of esters is 1. The first kappa shape index (κ1) is 18.6. The molecule has 0 aromatic heterocycles. The van der Waals surface area contributed by atoms with Crippen molar-refractivity contribution in [3.05, 3.63) is 59.7 Å². The number of para-hydroxylation sites is 1. The molecule has 0 bridgehead atoms. The Labute approximate surface area is 154 Å². The summed E-state index contributed by atoms with van der Waals surface area (Å²) in [6, 6.07) is 14.4. The van der Waals surface area contributed by atoms with Crippen molar-refractivity contribution < 1.29 is 17.9 Å². The van der Waals surface area contributed by atoms with Crippen molar-refractivity contribution in [1.29, 1.82) is 0 Å². The highest BCUT2D eigenvalue weighted by Gasteiger charge is 2.33. The number of carbonyl (C=O) groups excluding carboxylic acids is 1. The van der Waals surface area contributed by atoms with Gasteiger partial charge in [-0.1, -0.05) is 30.3 Å². The first-order chi connectivity index (χ1) is 12.4. The van der Waals surface area contributed by atoms with Gasteiger partial charge in [0.25, 0.3) is 0 Å². The summed E-state index contributed by atoms with van der Waals surface area (Å²) in [5, 5.41) is 0. The molecule has 5 nitrogen and oxygen atoms in total. The maximum Gasteiger partial charge on any atom is 0.314 e. The summed E-state index contributed by atoms with van der Waals surface area (Å²) >= 11 is 0. The fourth-order valence-corrected chi connectivity index (χ4v) is 4.92. The molecule has 0 atom stereocenters. The number of sulfonamides is 1. The lowest BCUT2D eigenvalue weighted by atomic mass is 9.98. The standard InChI is InChI=1S/C20H23NO4S/c1-15-8-9-16(2)19(14-15)26(23,24)21-12-10-17(11-13-21)20(22)25-18-6-4-3-5-7-18/h3-9,14,17H,10-13H2,1-2H3. The van der Waals surface area contributed by atoms with Gasteiger partial charge in [-0.2, -0.15) is 4.31 Å². The van der Waals surface area contributed by atoms with Crippen LogP contribution in [-0.4, -0.2) is 31.8 Å². The third-order valence-electron chi connectivity index (χ3n) is 4.71. The van der Waals surface area contributed by atoms with Crippen LogP contribution in [0.5, 0.6) is 5.75 Å². The lowest BCUT2D eigenvalue weighted by Gasteiger charge is -2.30. The number of nitrogens with zero attached hydrogens (tertiary/aromatic N) is 1. The molecule has 1 saturated heterocycles. The summed E-state index contributed by atoms with van der Waals surface area (Å²) < 4.78 is 32.7. The van der Waals surface area contributed by atoms with E-state index in [9.17, 15) is 13.2 Å². The Morgan fingerprint density at radius 3 is 2.35 bits per heavy atom. The highest BCUT2D eigenvalue weighted by molar-refractivity contribution is 7.89. The van der Waals surface area contributed by atoms with Crippen LogP contribution in [0.4, 0.5) is 0 Å². The van der Waals surface area contributed by atoms with Crippen LogP contribution in [-0.2, 0) is 14.8 Å². The number of hydrogen-bond donors (Lipinski definition) is 0. The zero-order valence-corrected chi connectivity index (χ0v) is 15.8. The molecule has 2 aromatic rings. The molecule has 0 spiro atoms. The van der Waals surface area contributed by atoms with E-state index in [0.29, 0.717) is 36.6 Å². The highest BCUT2D eigenvalue weighted by atomic mass is 32.2. The summed E-state index contributed by atoms with van der Waals surface area (Å²) in [6.45, 7) is 4.33. The second-order valence-electron chi connectivity index (χ2n) is 6.68. The van der Waals surface area contributed by atoms with Crippen LogP contribution in [0, 0.1) is 19.8 Å². The molecule has 138 valence electrons. The van der Waals surface area contributed by atoms with Crippen molar-refractivity contribution >= 4 is 16.0 Å². The Morgan fingerprint density at radius 1 is 1.04 bits per heavy atom. The van der Waals surface area contributed by atoms with Crippen molar-refractivity contribution in [3.63, 3.8) is 0 Å². The second-order valence-corrected chi connectivity index (χ2v) is 8.59. The number of hydrogen-bond acceptors (Lipinski definition) is 4. The molecule has 1 aliphatic rings. The predicted molar refractivity (Wildman–Crippen MR) is 99.5 cm³/mol. The Hall–Kier alpha value is -2.18. The van der Waals surface area contributed by atoms with E-state index in [1.54, 1.807) is 25.1 Å². The molecule has 0 amide bonds. The van der Waals surface area contributed by atoms with E-state index >= 15 is 0 Å². The van der Waals surface area contributed by atoms with E-state index in [2.05, 4.69) is 0 Å². The quantitative estimate of drug-likeness (QED) is 0.609. The van der Waals surface area contributed by atoms with E-state index in [-0.39, 0.29) is 11.9 Å². The lowest BCUT2D eigenvalue weighted by Crippen LogP contribution is -2.41. The smallest absolute Gasteiger partial charge is 0.314 e. The summed E-state index contributed by atoms with van der Waals surface area (Å²) in [5.41, 5.74) is 1.65. The molecule has 1 aliphatic heterocycles. The summed E-state index contributed by atoms with van der Waals surface area (Å²) in [4.78, 5) is 12.7. The number of benzene rings is 2. The Balaban J connectivity index is 1.66. The number of carbonyl (C=O) groups is 1. The minimum absolute atomic E-state index is 0.278. The molecule has 3 rings (SSSR count). The lowest BCUT2D eigenvalue weighted by molar-refractivity contribution is -0.140. The van der Waals surface area contributed by atoms with Crippen LogP contribution < -0.4 is 4.74 Å². The van der Waals surface area contributed by atoms with Gasteiger partial charge >= 0.3 is 5.97 Å². The molecule has 0 unspecified atom stereocenters. The molecule has 6 heteroatoms. The van der Waals surface area contributed by atoms with Crippen molar-refractivity contribution in [2.24, 2.45) is 5.92 Å². The summed E-state index contributed by atoms with van der Waals surface area (Å²) in [5.74, 6) is -0.0526. The number of piperidine rings is 1. The minimum Gasteiger partial charge on any atom is -0.426 e. The van der Waals surface area contributed by atoms with Gasteiger partial charge in [-0.3, -0.25) is 4.79 Å². The van der Waals surface area contributed by atoms with Gasteiger partial charge in [0.2, 0.25) is 10.0 Å². The van der Waals surface area contributed by atoms with Gasteiger partial charge in [-0.25, -0.2) is 8.42 Å². The minimum atomic E-state index is -3.54. The molecule has 1 fully saturated rings. The van der Waals surface area contributed by atoms with Crippen LogP contribution in [0.25, 0.3) is 0 Å². The average molecular weight is 373 g/mol. The average Bonchev–Trinajstić information content (AvgIpc) is 2.64. The molecular formula is C20H23NO4S. The van der Waals surface area contributed by atoms with Gasteiger partial charge in [0.1, 0.15) is 5.75 Å². The van der Waals surface area contributed by atoms with E-state index in [1.165, 1.54) is 4.31 Å². The normalized spacial score (nSPS) is 16.4. The molecule has 1 heterocycles. The van der Waals surface area contributed by atoms with Crippen LogP contribution in [0.3, 0.4) is 0 Å². The summed E-state index contributed by atoms with van der Waals surface area (Å²) in [7, 11) is -3.54. The third-order valence-corrected chi connectivity index (χ3v) is 6.75. The third kappa shape index (κ3) is 3.97. The zero-order chi connectivity index (χ0) is 18.7. The van der Waals surface area contributed by atoms with E-state index in [1.807, 2.05) is 37.3 Å². The Bertz CT molecular complexity index is 885. The maximum absolute atomic E-state index is 12.9. The highest BCUT2D eigenvalue weighted by Crippen LogP contribution is 2.27. The number of rotatable bonds is 4. The second kappa shape index (κ2) is 7.60. The van der Waals surface area contributed by atoms with Gasteiger partial charge in [-0.15, -0.1) is 0 Å². The Kier molecular flexibility index (Phi) is 5.44. The maximum atomic E-state index is 12.9. The van der Waals surface area contributed by atoms with Crippen molar-refractivity contribution in [1.82, 2.24) is 4.31 Å². The predicted octanol–water partition coefficient (Wildman–Crippen LogP) is 3.31. The van der Waals surface area contributed by atoms with E-state index < -0.39 is 10.0 Å². The molecule has 0 saturated carbocycles. The molecule has 2 aromatic carbocycles. The molecular weight excluding hydrogens is 350 g/mol. The van der Waals surface area contributed by atoms with Crippen molar-refractivity contribution in [2.45, 2.75) is 31.6 Å². The van der Waals surface area contributed by atoms with E-state index in [0.717, 1.165) is 11.1 Å². The van der Waals surface area contributed by atoms with Crippen LogP contribution >= 0.6 is 0 Å². The Morgan fingerprint density at radius 2 is 1.69 bits per heavy atom. The molecule has 0 aliphatic carbocycles. The van der Waals surface area contributed by atoms with Crippen LogP contribution in [0.15, 0.2) is 53.4 Å². The SMILES string of the molecule is Cc1ccc(C)c(S(=O)(=O)N2CCC(C(=O)Oc3ccccc3)CC2)c1. The van der Waals surface area contributed by atoms with Gasteiger partial charge < -0.3 is 4.74 Å². The van der Waals surface area contributed by atoms with Gasteiger partial charge in [-0.05, 0) is 56.0 Å². The molecule has 26 heavy (non-hydrogen) atoms. The fourth-order valence-electron chi connectivity index (χ4n) is 3.14. The fraction of sp³-hybridized carbons (Fsp3) is 0.350. The number of ether oxygens (including phenoxy) is 1. The van der Waals surface area contributed by atoms with Gasteiger partial charge in [0.15, 0.2) is 0 Å². The summed E-state index contributed by atoms with van der Waals surface area (Å²) in [6.07, 6.45) is 0.936. The van der Waals surface area contributed by atoms with Crippen LogP contribution in [0.2, 0.25) is 0 Å². The first-order valence-corrected chi connectivity index (χ1v) is 10.2. The largest absolute Gasteiger partial charge is 0.426 e.